The number of carbonyl (C=O) groups excluding carboxylic acids is 3. The molecular weight excluding hydrogens is 757 g/mol. The number of aromatic nitrogens is 6. The minimum Gasteiger partial charge on any atom is -0.463 e. The van der Waals surface area contributed by atoms with Crippen molar-refractivity contribution in [2.24, 2.45) is 0 Å². The van der Waals surface area contributed by atoms with Crippen LogP contribution in [0.1, 0.15) is 33.1 Å². The van der Waals surface area contributed by atoms with Crippen LogP contribution in [0.2, 0.25) is 0 Å². The van der Waals surface area contributed by atoms with E-state index in [4.69, 9.17) is 14.2 Å². The number of fused-ring (bicyclic) bond motifs is 2. The average Bonchev–Trinajstić information content (AvgIpc) is 3.90. The molecule has 16 nitrogen and oxygen atoms in total. The summed E-state index contributed by atoms with van der Waals surface area (Å²) < 4.78 is 18.5. The fourth-order valence-corrected chi connectivity index (χ4v) is 7.91. The summed E-state index contributed by atoms with van der Waals surface area (Å²) in [6.07, 6.45) is 5.91. The second kappa shape index (κ2) is 17.7. The Balaban J connectivity index is 0.000000172. The van der Waals surface area contributed by atoms with Crippen LogP contribution in [0, 0.1) is 0 Å². The molecule has 56 heavy (non-hydrogen) atoms. The molecule has 290 valence electrons. The second-order valence-electron chi connectivity index (χ2n) is 13.1. The Kier molecular flexibility index (Phi) is 12.2. The fourth-order valence-electron chi connectivity index (χ4n) is 6.00. The first-order valence-corrected chi connectivity index (χ1v) is 19.7. The number of rotatable bonds is 11. The first-order chi connectivity index (χ1) is 27.1. The zero-order valence-corrected chi connectivity index (χ0v) is 32.7. The normalized spacial score (nSPS) is 14.6. The van der Waals surface area contributed by atoms with E-state index in [0.717, 1.165) is 68.9 Å². The highest BCUT2D eigenvalue weighted by molar-refractivity contribution is 7.22. The Bertz CT molecular complexity index is 2340. The van der Waals surface area contributed by atoms with Crippen LogP contribution in [0.25, 0.3) is 42.9 Å². The van der Waals surface area contributed by atoms with Crippen molar-refractivity contribution >= 4 is 71.3 Å². The van der Waals surface area contributed by atoms with Crippen LogP contribution >= 0.6 is 22.7 Å². The predicted octanol–water partition coefficient (Wildman–Crippen LogP) is 6.12. The standard InChI is InChI=1S/C19H19N5O4S.C19H21N5O2S/c1-12(25)21-18-23-15-4-3-13(11-16(15)29-18)14-5-6-20-17(22-14)27-9-2-7-24-8-10-28-19(24)26;1-12(25)21-19-23-16-4-3-13(11-17(16)27-19)15-5-8-20-18(22-15)26-14-6-9-24(2)10-7-14/h3-6,11H,2,7-10H2,1H3,(H,21,23,25);3-5,8,11,14H,6-7,9-10H2,1-2H3,(H,21,23,25). The van der Waals surface area contributed by atoms with Crippen molar-refractivity contribution in [2.45, 2.75) is 39.2 Å². The zero-order valence-electron chi connectivity index (χ0n) is 31.1. The quantitative estimate of drug-likeness (QED) is 0.143. The van der Waals surface area contributed by atoms with Gasteiger partial charge in [0.1, 0.15) is 12.7 Å². The summed E-state index contributed by atoms with van der Waals surface area (Å²) in [5, 5.41) is 6.60. The van der Waals surface area contributed by atoms with Gasteiger partial charge in [0.2, 0.25) is 11.8 Å². The molecule has 3 amide bonds. The maximum Gasteiger partial charge on any atom is 0.409 e. The molecular formula is C38H40N10O6S2. The van der Waals surface area contributed by atoms with E-state index in [9.17, 15) is 14.4 Å². The Morgan fingerprint density at radius 3 is 1.93 bits per heavy atom. The van der Waals surface area contributed by atoms with Gasteiger partial charge >= 0.3 is 18.1 Å². The monoisotopic (exact) mass is 796 g/mol. The predicted molar refractivity (Wildman–Crippen MR) is 214 cm³/mol. The van der Waals surface area contributed by atoms with Crippen LogP contribution in [-0.4, -0.2) is 110 Å². The SMILES string of the molecule is CC(=O)Nc1nc2ccc(-c3ccnc(OC4CCN(C)CC4)n3)cc2s1.CC(=O)Nc1nc2ccc(-c3ccnc(OCCCN4CCOC4=O)n3)cc2s1. The van der Waals surface area contributed by atoms with E-state index < -0.39 is 0 Å². The van der Waals surface area contributed by atoms with E-state index in [1.807, 2.05) is 48.5 Å². The smallest absolute Gasteiger partial charge is 0.409 e. The highest BCUT2D eigenvalue weighted by Crippen LogP contribution is 2.32. The lowest BCUT2D eigenvalue weighted by atomic mass is 10.1. The molecule has 18 heteroatoms. The Labute approximate surface area is 330 Å². The van der Waals surface area contributed by atoms with Crippen LogP contribution in [0.4, 0.5) is 15.1 Å². The summed E-state index contributed by atoms with van der Waals surface area (Å²) in [5.74, 6) is -0.274. The molecule has 2 aliphatic rings. The van der Waals surface area contributed by atoms with Gasteiger partial charge in [0.05, 0.1) is 45.0 Å². The van der Waals surface area contributed by atoms with Crippen LogP contribution in [0.3, 0.4) is 0 Å². The molecule has 0 aliphatic carbocycles. The van der Waals surface area contributed by atoms with Gasteiger partial charge in [-0.05, 0) is 62.7 Å². The van der Waals surface area contributed by atoms with Crippen molar-refractivity contribution in [1.29, 1.82) is 0 Å². The molecule has 0 atom stereocenters. The largest absolute Gasteiger partial charge is 0.463 e. The number of amides is 3. The summed E-state index contributed by atoms with van der Waals surface area (Å²) in [5.41, 5.74) is 5.08. The van der Waals surface area contributed by atoms with E-state index in [1.165, 1.54) is 36.5 Å². The number of ether oxygens (including phenoxy) is 3. The van der Waals surface area contributed by atoms with Gasteiger partial charge < -0.3 is 34.6 Å². The molecule has 0 spiro atoms. The summed E-state index contributed by atoms with van der Waals surface area (Å²) in [6.45, 7) is 7.04. The van der Waals surface area contributed by atoms with Crippen LogP contribution < -0.4 is 20.1 Å². The van der Waals surface area contributed by atoms with Crippen LogP contribution in [0.15, 0.2) is 60.9 Å². The van der Waals surface area contributed by atoms with Gasteiger partial charge in [0.25, 0.3) is 0 Å². The Hall–Kier alpha value is -5.85. The number of cyclic esters (lactones) is 1. The van der Waals surface area contributed by atoms with Crippen molar-refractivity contribution in [2.75, 3.05) is 57.1 Å². The van der Waals surface area contributed by atoms with Crippen LogP contribution in [-0.2, 0) is 14.3 Å². The van der Waals surface area contributed by atoms with E-state index in [2.05, 4.69) is 52.5 Å². The number of nitrogens with one attached hydrogen (secondary N) is 2. The van der Waals surface area contributed by atoms with Crippen LogP contribution in [0.5, 0.6) is 12.0 Å². The van der Waals surface area contributed by atoms with Gasteiger partial charge in [-0.1, -0.05) is 34.8 Å². The highest BCUT2D eigenvalue weighted by atomic mass is 32.1. The minimum atomic E-state index is -0.275. The topological polar surface area (TPSA) is 187 Å². The molecule has 0 saturated carbocycles. The van der Waals surface area contributed by atoms with E-state index in [0.29, 0.717) is 49.0 Å². The third-order valence-electron chi connectivity index (χ3n) is 8.79. The number of carbonyl (C=O) groups is 3. The van der Waals surface area contributed by atoms with E-state index in [1.54, 1.807) is 17.3 Å². The summed E-state index contributed by atoms with van der Waals surface area (Å²) in [4.78, 5) is 64.1. The van der Waals surface area contributed by atoms with E-state index in [-0.39, 0.29) is 30.0 Å². The molecule has 6 heterocycles. The van der Waals surface area contributed by atoms with E-state index >= 15 is 0 Å². The number of thiazole rings is 2. The average molecular weight is 797 g/mol. The second-order valence-corrected chi connectivity index (χ2v) is 15.2. The Morgan fingerprint density at radius 2 is 1.38 bits per heavy atom. The summed E-state index contributed by atoms with van der Waals surface area (Å²) in [7, 11) is 2.13. The molecule has 2 aromatic carbocycles. The van der Waals surface area contributed by atoms with Crippen molar-refractivity contribution in [1.82, 2.24) is 39.7 Å². The van der Waals surface area contributed by atoms with Gasteiger partial charge in [-0.2, -0.15) is 9.97 Å². The molecule has 4 aromatic heterocycles. The highest BCUT2D eigenvalue weighted by Gasteiger charge is 2.21. The van der Waals surface area contributed by atoms with Crippen molar-refractivity contribution in [3.63, 3.8) is 0 Å². The van der Waals surface area contributed by atoms with Gasteiger partial charge in [-0.25, -0.2) is 24.7 Å². The number of piperidine rings is 1. The van der Waals surface area contributed by atoms with Gasteiger partial charge in [-0.15, -0.1) is 0 Å². The minimum absolute atomic E-state index is 0.124. The zero-order chi connectivity index (χ0) is 39.0. The summed E-state index contributed by atoms with van der Waals surface area (Å²) >= 11 is 2.85. The third kappa shape index (κ3) is 10.1. The maximum atomic E-state index is 11.4. The molecule has 2 saturated heterocycles. The molecule has 8 rings (SSSR count). The summed E-state index contributed by atoms with van der Waals surface area (Å²) in [6, 6.07) is 16.1. The third-order valence-corrected chi connectivity index (χ3v) is 10.7. The molecule has 2 N–H and O–H groups in total. The number of nitrogens with zero attached hydrogens (tertiary/aromatic N) is 8. The van der Waals surface area contributed by atoms with Crippen molar-refractivity contribution < 1.29 is 28.6 Å². The lowest BCUT2D eigenvalue weighted by molar-refractivity contribution is -0.115. The molecule has 0 bridgehead atoms. The lowest BCUT2D eigenvalue weighted by Crippen LogP contribution is -2.35. The number of benzene rings is 2. The van der Waals surface area contributed by atoms with Crippen molar-refractivity contribution in [3.8, 4) is 34.5 Å². The lowest BCUT2D eigenvalue weighted by Gasteiger charge is -2.28. The Morgan fingerprint density at radius 1 is 0.804 bits per heavy atom. The first-order valence-electron chi connectivity index (χ1n) is 18.1. The van der Waals surface area contributed by atoms with Crippen molar-refractivity contribution in [3.05, 3.63) is 60.9 Å². The molecule has 6 aromatic rings. The van der Waals surface area contributed by atoms with Gasteiger partial charge in [-0.3, -0.25) is 9.59 Å². The van der Waals surface area contributed by atoms with Gasteiger partial charge in [0, 0.05) is 57.0 Å². The number of hydrogen-bond donors (Lipinski definition) is 2. The number of anilines is 2. The maximum absolute atomic E-state index is 11.4. The molecule has 0 unspecified atom stereocenters. The molecule has 2 fully saturated rings. The number of hydrogen-bond acceptors (Lipinski definition) is 15. The molecule has 2 aliphatic heterocycles. The van der Waals surface area contributed by atoms with Gasteiger partial charge in [0.15, 0.2) is 10.3 Å². The number of likely N-dealkylation sites (tertiary alicyclic amines) is 1. The molecule has 0 radical (unpaired) electrons. The fraction of sp³-hybridized carbons (Fsp3) is 0.342. The first kappa shape index (κ1) is 38.4.